The number of nitrogens with one attached hydrogen (secondary N) is 1. The van der Waals surface area contributed by atoms with Crippen molar-refractivity contribution in [1.82, 2.24) is 0 Å². The number of anilines is 1. The highest BCUT2D eigenvalue weighted by Gasteiger charge is 2.59. The molecule has 3 fully saturated rings. The van der Waals surface area contributed by atoms with Crippen molar-refractivity contribution in [2.75, 3.05) is 5.32 Å². The number of carbonyl (C=O) groups excluding carboxylic acids is 1. The van der Waals surface area contributed by atoms with E-state index in [1.807, 2.05) is 30.3 Å². The van der Waals surface area contributed by atoms with Gasteiger partial charge in [0.25, 0.3) is 0 Å². The maximum atomic E-state index is 12.6. The van der Waals surface area contributed by atoms with Crippen molar-refractivity contribution in [2.45, 2.75) is 118 Å². The largest absolute Gasteiger partial charge is 0.446 e. The number of carbonyl (C=O) groups is 1. The van der Waals surface area contributed by atoms with E-state index in [1.54, 1.807) is 5.57 Å². The van der Waals surface area contributed by atoms with Gasteiger partial charge in [-0.05, 0) is 116 Å². The van der Waals surface area contributed by atoms with Crippen LogP contribution in [0.25, 0.3) is 0 Å². The van der Waals surface area contributed by atoms with E-state index in [4.69, 9.17) is 4.74 Å². The molecule has 1 aromatic carbocycles. The topological polar surface area (TPSA) is 38.3 Å². The van der Waals surface area contributed by atoms with Crippen LogP contribution in [0.1, 0.15) is 112 Å². The molecule has 39 heavy (non-hydrogen) atoms. The van der Waals surface area contributed by atoms with E-state index >= 15 is 0 Å². The van der Waals surface area contributed by atoms with Crippen LogP contribution < -0.4 is 5.32 Å². The van der Waals surface area contributed by atoms with E-state index in [0.717, 1.165) is 66.4 Å². The van der Waals surface area contributed by atoms with Gasteiger partial charge in [0.05, 0.1) is 0 Å². The molecule has 0 saturated heterocycles. The molecule has 1 amide bonds. The lowest BCUT2D eigenvalue weighted by Crippen LogP contribution is -2.51. The van der Waals surface area contributed by atoms with Crippen LogP contribution in [-0.2, 0) is 4.74 Å². The summed E-state index contributed by atoms with van der Waals surface area (Å²) in [6.07, 6.45) is 16.4. The first-order valence-electron chi connectivity index (χ1n) is 16.4. The van der Waals surface area contributed by atoms with Crippen LogP contribution in [0.2, 0.25) is 0 Å². The van der Waals surface area contributed by atoms with Gasteiger partial charge in [-0.3, -0.25) is 5.32 Å². The maximum absolute atomic E-state index is 12.6. The minimum absolute atomic E-state index is 0.00654. The highest BCUT2D eigenvalue weighted by molar-refractivity contribution is 5.84. The number of benzene rings is 1. The van der Waals surface area contributed by atoms with Gasteiger partial charge in [0.15, 0.2) is 0 Å². The summed E-state index contributed by atoms with van der Waals surface area (Å²) >= 11 is 0. The molecule has 5 rings (SSSR count). The summed E-state index contributed by atoms with van der Waals surface area (Å²) in [6, 6.07) is 9.63. The molecule has 0 bridgehead atoms. The van der Waals surface area contributed by atoms with Crippen LogP contribution in [-0.4, -0.2) is 12.2 Å². The summed E-state index contributed by atoms with van der Waals surface area (Å²) in [7, 11) is 0. The Hall–Kier alpha value is -1.77. The van der Waals surface area contributed by atoms with Crippen molar-refractivity contribution in [3.05, 3.63) is 42.0 Å². The SMILES string of the molecule is CC[C@H](CC[C@H](C)[C@H]1CC[C@H]2[C@@H]3CC=C4C[C@@H](OC(=O)Nc5ccccc5)CC[C@]4(C)[C@H]3CC[C@]12C)C(C)C. The molecule has 0 radical (unpaired) electrons. The fraction of sp³-hybridized carbons (Fsp3) is 0.750. The van der Waals surface area contributed by atoms with Gasteiger partial charge in [0, 0.05) is 12.1 Å². The summed E-state index contributed by atoms with van der Waals surface area (Å²) in [5.41, 5.74) is 3.19. The molecule has 4 aliphatic carbocycles. The number of rotatable bonds is 8. The van der Waals surface area contributed by atoms with Crippen molar-refractivity contribution in [3.8, 4) is 0 Å². The molecular formula is C36H55NO2. The third-order valence-corrected chi connectivity index (χ3v) is 12.6. The Labute approximate surface area is 238 Å². The highest BCUT2D eigenvalue weighted by atomic mass is 16.6. The highest BCUT2D eigenvalue weighted by Crippen LogP contribution is 2.67. The molecule has 0 unspecified atom stereocenters. The summed E-state index contributed by atoms with van der Waals surface area (Å²) in [5.74, 6) is 5.98. The van der Waals surface area contributed by atoms with Gasteiger partial charge < -0.3 is 4.74 Å². The molecule has 0 spiro atoms. The Morgan fingerprint density at radius 3 is 2.49 bits per heavy atom. The van der Waals surface area contributed by atoms with E-state index in [2.05, 4.69) is 52.9 Å². The number of amides is 1. The van der Waals surface area contributed by atoms with Crippen molar-refractivity contribution in [2.24, 2.45) is 52.3 Å². The molecule has 0 aliphatic heterocycles. The van der Waals surface area contributed by atoms with Crippen molar-refractivity contribution in [1.29, 1.82) is 0 Å². The average Bonchev–Trinajstić information content (AvgIpc) is 3.27. The Kier molecular flexibility index (Phi) is 8.56. The molecule has 0 aromatic heterocycles. The fourth-order valence-electron chi connectivity index (χ4n) is 10.2. The predicted octanol–water partition coefficient (Wildman–Crippen LogP) is 10.3. The number of hydrogen-bond acceptors (Lipinski definition) is 2. The van der Waals surface area contributed by atoms with Crippen LogP contribution in [0, 0.1) is 52.3 Å². The van der Waals surface area contributed by atoms with E-state index in [0.29, 0.717) is 5.41 Å². The van der Waals surface area contributed by atoms with Gasteiger partial charge in [-0.2, -0.15) is 0 Å². The van der Waals surface area contributed by atoms with Crippen molar-refractivity contribution < 1.29 is 9.53 Å². The second-order valence-electron chi connectivity index (χ2n) is 14.7. The van der Waals surface area contributed by atoms with Crippen molar-refractivity contribution >= 4 is 11.8 Å². The monoisotopic (exact) mass is 533 g/mol. The fourth-order valence-corrected chi connectivity index (χ4v) is 10.2. The Bertz CT molecular complexity index is 1020. The van der Waals surface area contributed by atoms with Gasteiger partial charge in [0.2, 0.25) is 0 Å². The first-order chi connectivity index (χ1) is 18.7. The maximum Gasteiger partial charge on any atom is 0.411 e. The molecule has 3 saturated carbocycles. The molecular weight excluding hydrogens is 478 g/mol. The molecule has 0 heterocycles. The zero-order valence-corrected chi connectivity index (χ0v) is 25.7. The van der Waals surface area contributed by atoms with Crippen LogP contribution in [0.5, 0.6) is 0 Å². The number of fused-ring (bicyclic) bond motifs is 5. The number of allylic oxidation sites excluding steroid dienone is 1. The lowest BCUT2D eigenvalue weighted by molar-refractivity contribution is -0.0579. The molecule has 1 N–H and O–H groups in total. The number of para-hydroxylation sites is 1. The first kappa shape index (κ1) is 28.7. The van der Waals surface area contributed by atoms with E-state index in [9.17, 15) is 4.79 Å². The van der Waals surface area contributed by atoms with Crippen LogP contribution >= 0.6 is 0 Å². The standard InChI is InChI=1S/C36H55NO2/c1-7-26(24(2)3)14-13-25(4)31-17-18-32-30-16-15-27-23-29(39-34(38)37-28-11-9-8-10-12-28)19-21-35(27,5)33(30)20-22-36(31,32)6/h8-12,15,24-26,29-33H,7,13-14,16-23H2,1-6H3,(H,37,38)/t25-,26+,29-,30-,31+,32-,33-,35-,36+/m0/s1. The Morgan fingerprint density at radius 2 is 1.77 bits per heavy atom. The Balaban J connectivity index is 1.22. The van der Waals surface area contributed by atoms with Crippen LogP contribution in [0.3, 0.4) is 0 Å². The summed E-state index contributed by atoms with van der Waals surface area (Å²) in [6.45, 7) is 15.1. The first-order valence-corrected chi connectivity index (χ1v) is 16.4. The minimum Gasteiger partial charge on any atom is -0.446 e. The zero-order valence-electron chi connectivity index (χ0n) is 25.7. The molecule has 216 valence electrons. The van der Waals surface area contributed by atoms with E-state index in [1.165, 1.54) is 51.4 Å². The second kappa shape index (κ2) is 11.6. The lowest BCUT2D eigenvalue weighted by atomic mass is 9.47. The number of hydrogen-bond donors (Lipinski definition) is 1. The van der Waals surface area contributed by atoms with Gasteiger partial charge in [-0.25, -0.2) is 4.79 Å². The van der Waals surface area contributed by atoms with Gasteiger partial charge in [0.1, 0.15) is 6.10 Å². The summed E-state index contributed by atoms with van der Waals surface area (Å²) < 4.78 is 5.92. The summed E-state index contributed by atoms with van der Waals surface area (Å²) in [4.78, 5) is 12.6. The molecule has 3 nitrogen and oxygen atoms in total. The van der Waals surface area contributed by atoms with Crippen LogP contribution in [0.4, 0.5) is 10.5 Å². The Morgan fingerprint density at radius 1 is 1.00 bits per heavy atom. The van der Waals surface area contributed by atoms with Crippen LogP contribution in [0.15, 0.2) is 42.0 Å². The van der Waals surface area contributed by atoms with Crippen molar-refractivity contribution in [3.63, 3.8) is 0 Å². The molecule has 4 aliphatic rings. The predicted molar refractivity (Wildman–Crippen MR) is 163 cm³/mol. The smallest absolute Gasteiger partial charge is 0.411 e. The van der Waals surface area contributed by atoms with Gasteiger partial charge >= 0.3 is 6.09 Å². The van der Waals surface area contributed by atoms with E-state index in [-0.39, 0.29) is 17.6 Å². The van der Waals surface area contributed by atoms with Gasteiger partial charge in [-0.15, -0.1) is 0 Å². The van der Waals surface area contributed by atoms with E-state index < -0.39 is 0 Å². The zero-order chi connectivity index (χ0) is 27.8. The molecule has 1 aromatic rings. The number of ether oxygens (including phenoxy) is 1. The quantitative estimate of drug-likeness (QED) is 0.338. The third-order valence-electron chi connectivity index (χ3n) is 12.6. The average molecular weight is 534 g/mol. The third kappa shape index (κ3) is 5.58. The lowest BCUT2D eigenvalue weighted by Gasteiger charge is -2.58. The second-order valence-corrected chi connectivity index (χ2v) is 14.7. The molecule has 9 atom stereocenters. The molecule has 3 heteroatoms. The normalized spacial score (nSPS) is 37.2. The minimum atomic E-state index is -0.317. The summed E-state index contributed by atoms with van der Waals surface area (Å²) in [5, 5.41) is 2.90. The van der Waals surface area contributed by atoms with Gasteiger partial charge in [-0.1, -0.05) is 84.2 Å².